The number of benzene rings is 2. The van der Waals surface area contributed by atoms with Gasteiger partial charge < -0.3 is 10.2 Å². The van der Waals surface area contributed by atoms with Crippen LogP contribution < -0.4 is 15.9 Å². The summed E-state index contributed by atoms with van der Waals surface area (Å²) in [7, 11) is 1.70. The third-order valence-electron chi connectivity index (χ3n) is 7.62. The van der Waals surface area contributed by atoms with E-state index in [4.69, 9.17) is 4.99 Å². The van der Waals surface area contributed by atoms with Crippen LogP contribution in [0.3, 0.4) is 0 Å². The van der Waals surface area contributed by atoms with Crippen LogP contribution in [0.2, 0.25) is 0 Å². The molecular weight excluding hydrogens is 492 g/mol. The van der Waals surface area contributed by atoms with Crippen LogP contribution in [0.5, 0.6) is 0 Å². The minimum Gasteiger partial charge on any atom is -0.314 e. The first-order chi connectivity index (χ1) is 18.6. The molecule has 0 saturated heterocycles. The molecule has 0 fully saturated rings. The van der Waals surface area contributed by atoms with Gasteiger partial charge in [-0.25, -0.2) is 14.3 Å². The molecule has 0 bridgehead atoms. The van der Waals surface area contributed by atoms with E-state index in [-0.39, 0.29) is 29.5 Å². The summed E-state index contributed by atoms with van der Waals surface area (Å²) >= 11 is 0. The van der Waals surface area contributed by atoms with Gasteiger partial charge in [-0.15, -0.1) is 0 Å². The number of likely N-dealkylation sites (N-methyl/N-ethyl adjacent to an activating group) is 1. The van der Waals surface area contributed by atoms with Crippen LogP contribution in [-0.4, -0.2) is 44.4 Å². The number of amidine groups is 1. The Bertz CT molecular complexity index is 1730. The van der Waals surface area contributed by atoms with Crippen molar-refractivity contribution < 1.29 is 9.59 Å². The Labute approximate surface area is 225 Å². The molecule has 6 rings (SSSR count). The lowest BCUT2D eigenvalue weighted by Gasteiger charge is -2.19. The molecule has 9 heteroatoms. The number of carbonyl (C=O) groups is 2. The molecule has 2 amide bonds. The van der Waals surface area contributed by atoms with Crippen molar-refractivity contribution in [3.63, 3.8) is 0 Å². The average Bonchev–Trinajstić information content (AvgIpc) is 3.54. The van der Waals surface area contributed by atoms with Gasteiger partial charge in [-0.1, -0.05) is 45.0 Å². The number of fused-ring (bicyclic) bond motifs is 2. The molecule has 2 aliphatic rings. The van der Waals surface area contributed by atoms with E-state index in [1.807, 2.05) is 69.3 Å². The number of para-hydroxylation sites is 2. The van der Waals surface area contributed by atoms with Crippen LogP contribution >= 0.6 is 0 Å². The summed E-state index contributed by atoms with van der Waals surface area (Å²) in [6, 6.07) is 18.6. The number of amides is 2. The lowest BCUT2D eigenvalue weighted by atomic mass is 9.95. The smallest absolute Gasteiger partial charge is 0.314 e. The van der Waals surface area contributed by atoms with Gasteiger partial charge >= 0.3 is 5.69 Å². The van der Waals surface area contributed by atoms with Gasteiger partial charge in [0.2, 0.25) is 5.91 Å². The van der Waals surface area contributed by atoms with Crippen LogP contribution in [-0.2, 0) is 29.0 Å². The number of hydrogen-bond acceptors (Lipinski definition) is 5. The summed E-state index contributed by atoms with van der Waals surface area (Å²) in [5.41, 5.74) is 2.71. The van der Waals surface area contributed by atoms with E-state index in [1.54, 1.807) is 30.3 Å². The Morgan fingerprint density at radius 3 is 2.41 bits per heavy atom. The molecule has 2 aromatic carbocycles. The monoisotopic (exact) mass is 522 g/mol. The van der Waals surface area contributed by atoms with Crippen molar-refractivity contribution in [3.8, 4) is 5.82 Å². The van der Waals surface area contributed by atoms with Gasteiger partial charge in [0.1, 0.15) is 23.7 Å². The first-order valence-electron chi connectivity index (χ1n) is 13.0. The van der Waals surface area contributed by atoms with Crippen molar-refractivity contribution in [3.05, 3.63) is 88.5 Å². The van der Waals surface area contributed by atoms with Crippen LogP contribution in [0.15, 0.2) is 76.6 Å². The van der Waals surface area contributed by atoms with Crippen LogP contribution in [0, 0.1) is 5.41 Å². The molecule has 1 atom stereocenters. The number of pyridine rings is 1. The first kappa shape index (κ1) is 24.8. The lowest BCUT2D eigenvalue weighted by Crippen LogP contribution is -2.42. The summed E-state index contributed by atoms with van der Waals surface area (Å²) in [5, 5.41) is 2.99. The maximum Gasteiger partial charge on any atom is 0.335 e. The topological polar surface area (TPSA) is 102 Å². The van der Waals surface area contributed by atoms with Gasteiger partial charge in [0.25, 0.3) is 5.91 Å². The molecule has 198 valence electrons. The minimum atomic E-state index is -0.827. The standard InChI is InChI=1S/C30H30N6O3/c1-29(2,3)26-32-27(38)30(33-26)16-19-12-13-21(15-20(19)17-30)34(4)25(37)18-35-22-9-5-6-10-23(22)36(28(35)39)24-11-7-8-14-31-24/h5-15H,16-18H2,1-4H3,(H,32,33,38). The van der Waals surface area contributed by atoms with Gasteiger partial charge in [0.15, 0.2) is 0 Å². The maximum absolute atomic E-state index is 13.5. The Balaban J connectivity index is 1.28. The van der Waals surface area contributed by atoms with Gasteiger partial charge in [0.05, 0.1) is 11.0 Å². The Morgan fingerprint density at radius 1 is 1.00 bits per heavy atom. The fourth-order valence-corrected chi connectivity index (χ4v) is 5.42. The number of hydrogen-bond donors (Lipinski definition) is 1. The molecule has 1 N–H and O–H groups in total. The summed E-state index contributed by atoms with van der Waals surface area (Å²) in [6.45, 7) is 5.97. The predicted molar refractivity (Wildman–Crippen MR) is 150 cm³/mol. The van der Waals surface area contributed by atoms with E-state index in [1.165, 1.54) is 9.13 Å². The second-order valence-electron chi connectivity index (χ2n) is 11.3. The van der Waals surface area contributed by atoms with Crippen LogP contribution in [0.4, 0.5) is 5.69 Å². The van der Waals surface area contributed by atoms with Crippen molar-refractivity contribution in [2.75, 3.05) is 11.9 Å². The maximum atomic E-state index is 13.5. The number of aromatic nitrogens is 3. The minimum absolute atomic E-state index is 0.0710. The van der Waals surface area contributed by atoms with Gasteiger partial charge in [-0.05, 0) is 47.5 Å². The number of nitrogens with zero attached hydrogens (tertiary/aromatic N) is 5. The second-order valence-corrected chi connectivity index (χ2v) is 11.3. The second kappa shape index (κ2) is 8.76. The first-order valence-corrected chi connectivity index (χ1v) is 13.0. The van der Waals surface area contributed by atoms with E-state index in [0.717, 1.165) is 11.1 Å². The zero-order chi connectivity index (χ0) is 27.5. The lowest BCUT2D eigenvalue weighted by molar-refractivity contribution is -0.123. The zero-order valence-corrected chi connectivity index (χ0v) is 22.4. The summed E-state index contributed by atoms with van der Waals surface area (Å²) in [6.07, 6.45) is 2.66. The predicted octanol–water partition coefficient (Wildman–Crippen LogP) is 3.26. The third-order valence-corrected chi connectivity index (χ3v) is 7.62. The summed E-state index contributed by atoms with van der Waals surface area (Å²) in [5.74, 6) is 0.903. The molecule has 2 aromatic heterocycles. The van der Waals surface area contributed by atoms with E-state index >= 15 is 0 Å². The van der Waals surface area contributed by atoms with E-state index < -0.39 is 5.54 Å². The third kappa shape index (κ3) is 4.05. The van der Waals surface area contributed by atoms with Crippen molar-refractivity contribution in [1.82, 2.24) is 19.4 Å². The normalized spacial score (nSPS) is 18.4. The number of rotatable bonds is 4. The molecule has 9 nitrogen and oxygen atoms in total. The molecule has 1 unspecified atom stereocenters. The highest BCUT2D eigenvalue weighted by Crippen LogP contribution is 2.39. The number of imidazole rings is 1. The van der Waals surface area contributed by atoms with Crippen LogP contribution in [0.25, 0.3) is 16.9 Å². The zero-order valence-electron chi connectivity index (χ0n) is 22.4. The largest absolute Gasteiger partial charge is 0.335 e. The van der Waals surface area contributed by atoms with Crippen molar-refractivity contribution in [2.24, 2.45) is 10.4 Å². The van der Waals surface area contributed by atoms with Gasteiger partial charge in [-0.3, -0.25) is 19.1 Å². The molecule has 1 aliphatic carbocycles. The fraction of sp³-hybridized carbons (Fsp3) is 0.300. The average molecular weight is 523 g/mol. The van der Waals surface area contributed by atoms with Gasteiger partial charge in [0, 0.05) is 37.2 Å². The molecular formula is C30H30N6O3. The molecule has 0 radical (unpaired) electrons. The highest BCUT2D eigenvalue weighted by molar-refractivity contribution is 6.10. The molecule has 39 heavy (non-hydrogen) atoms. The highest BCUT2D eigenvalue weighted by Gasteiger charge is 2.49. The van der Waals surface area contributed by atoms with Crippen molar-refractivity contribution in [2.45, 2.75) is 45.7 Å². The Kier molecular flexibility index (Phi) is 5.57. The number of aliphatic imine (C=N–C) groups is 1. The molecule has 3 heterocycles. The Morgan fingerprint density at radius 2 is 1.72 bits per heavy atom. The summed E-state index contributed by atoms with van der Waals surface area (Å²) in [4.78, 5) is 50.7. The number of nitrogens with one attached hydrogen (secondary N) is 1. The highest BCUT2D eigenvalue weighted by atomic mass is 16.2. The summed E-state index contributed by atoms with van der Waals surface area (Å²) < 4.78 is 3.01. The van der Waals surface area contributed by atoms with E-state index in [9.17, 15) is 14.4 Å². The number of carbonyl (C=O) groups excluding carboxylic acids is 2. The van der Waals surface area contributed by atoms with Crippen LogP contribution in [0.1, 0.15) is 31.9 Å². The van der Waals surface area contributed by atoms with Crippen molar-refractivity contribution >= 4 is 34.4 Å². The van der Waals surface area contributed by atoms with E-state index in [0.29, 0.717) is 41.2 Å². The molecule has 1 spiro atoms. The van der Waals surface area contributed by atoms with Gasteiger partial charge in [-0.2, -0.15) is 0 Å². The van der Waals surface area contributed by atoms with E-state index in [2.05, 4.69) is 10.3 Å². The molecule has 0 saturated carbocycles. The molecule has 1 aliphatic heterocycles. The Hall–Kier alpha value is -4.53. The van der Waals surface area contributed by atoms with Crippen molar-refractivity contribution in [1.29, 1.82) is 0 Å². The SMILES string of the molecule is CN(C(=O)Cn1c(=O)n(-c2ccccn2)c2ccccc21)c1ccc2c(c1)CC1(C2)N=C(C(C)(C)C)NC1=O. The quantitative estimate of drug-likeness (QED) is 0.445. The fourth-order valence-electron chi connectivity index (χ4n) is 5.42. The number of anilines is 1. The molecule has 4 aromatic rings.